The molecule has 0 fully saturated rings. The van der Waals surface area contributed by atoms with Gasteiger partial charge in [-0.25, -0.2) is 4.79 Å². The number of fused-ring (bicyclic) bond motifs is 1. The van der Waals surface area contributed by atoms with Gasteiger partial charge in [-0.15, -0.1) is 0 Å². The molecule has 5 nitrogen and oxygen atoms in total. The third-order valence-corrected chi connectivity index (χ3v) is 4.54. The van der Waals surface area contributed by atoms with Crippen LogP contribution < -0.4 is 5.32 Å². The molecule has 2 N–H and O–H groups in total. The number of anilines is 1. The van der Waals surface area contributed by atoms with Crippen molar-refractivity contribution in [3.05, 3.63) is 95.1 Å². The van der Waals surface area contributed by atoms with Crippen molar-refractivity contribution in [2.24, 2.45) is 0 Å². The highest BCUT2D eigenvalue weighted by Gasteiger charge is 2.28. The molecule has 0 bridgehead atoms. The molecule has 3 aromatic carbocycles. The van der Waals surface area contributed by atoms with E-state index in [1.54, 1.807) is 30.3 Å². The number of aromatic hydroxyl groups is 1. The molecular weight excluding hydrogens is 342 g/mol. The Balaban J connectivity index is 1.58. The summed E-state index contributed by atoms with van der Waals surface area (Å²) in [5.74, 6) is -0.526. The molecule has 1 aliphatic heterocycles. The molecule has 1 atom stereocenters. The van der Waals surface area contributed by atoms with Crippen LogP contribution in [0.3, 0.4) is 0 Å². The lowest BCUT2D eigenvalue weighted by Crippen LogP contribution is -2.23. The quantitative estimate of drug-likeness (QED) is 0.545. The van der Waals surface area contributed by atoms with Crippen molar-refractivity contribution in [3.63, 3.8) is 0 Å². The zero-order valence-corrected chi connectivity index (χ0v) is 14.4. The third-order valence-electron chi connectivity index (χ3n) is 4.54. The van der Waals surface area contributed by atoms with E-state index in [9.17, 15) is 14.7 Å². The van der Waals surface area contributed by atoms with Gasteiger partial charge in [-0.05, 0) is 53.6 Å². The number of benzene rings is 3. The van der Waals surface area contributed by atoms with E-state index < -0.39 is 0 Å². The molecule has 0 aromatic heterocycles. The van der Waals surface area contributed by atoms with Gasteiger partial charge in [0.1, 0.15) is 11.9 Å². The molecule has 0 aliphatic carbocycles. The molecule has 0 radical (unpaired) electrons. The largest absolute Gasteiger partial charge is 0.508 e. The van der Waals surface area contributed by atoms with E-state index >= 15 is 0 Å². The Kier molecular flexibility index (Phi) is 4.34. The normalized spacial score (nSPS) is 15.6. The molecule has 3 aromatic rings. The van der Waals surface area contributed by atoms with E-state index in [-0.39, 0.29) is 23.7 Å². The third kappa shape index (κ3) is 3.53. The van der Waals surface area contributed by atoms with E-state index in [1.807, 2.05) is 30.3 Å². The van der Waals surface area contributed by atoms with Gasteiger partial charge in [0.05, 0.1) is 5.56 Å². The first kappa shape index (κ1) is 16.8. The van der Waals surface area contributed by atoms with Gasteiger partial charge in [0, 0.05) is 17.7 Å². The second-order valence-corrected chi connectivity index (χ2v) is 6.38. The first-order valence-electron chi connectivity index (χ1n) is 8.59. The summed E-state index contributed by atoms with van der Waals surface area (Å²) in [7, 11) is 0. The maximum Gasteiger partial charge on any atom is 0.339 e. The monoisotopic (exact) mass is 359 g/mol. The van der Waals surface area contributed by atoms with E-state index in [2.05, 4.69) is 5.32 Å². The average Bonchev–Trinajstić information content (AvgIpc) is 2.70. The second-order valence-electron chi connectivity index (χ2n) is 6.38. The van der Waals surface area contributed by atoms with E-state index in [0.29, 0.717) is 23.2 Å². The van der Waals surface area contributed by atoms with Gasteiger partial charge >= 0.3 is 5.97 Å². The van der Waals surface area contributed by atoms with Crippen molar-refractivity contribution in [2.75, 3.05) is 5.32 Å². The Morgan fingerprint density at radius 1 is 1.00 bits per heavy atom. The number of hydrogen-bond acceptors (Lipinski definition) is 4. The van der Waals surface area contributed by atoms with Crippen molar-refractivity contribution in [1.29, 1.82) is 0 Å². The zero-order chi connectivity index (χ0) is 18.8. The van der Waals surface area contributed by atoms with Gasteiger partial charge in [-0.3, -0.25) is 4.79 Å². The van der Waals surface area contributed by atoms with E-state index in [4.69, 9.17) is 4.74 Å². The SMILES string of the molecule is O=C(Nc1ccc(O)cc1)c1ccc2c(c1)C[C@@H](c1ccccc1)OC2=O. The summed E-state index contributed by atoms with van der Waals surface area (Å²) < 4.78 is 5.54. The van der Waals surface area contributed by atoms with Crippen LogP contribution in [0.4, 0.5) is 5.69 Å². The number of carbonyl (C=O) groups is 2. The summed E-state index contributed by atoms with van der Waals surface area (Å²) in [6, 6.07) is 20.8. The highest BCUT2D eigenvalue weighted by Crippen LogP contribution is 2.31. The summed E-state index contributed by atoms with van der Waals surface area (Å²) in [5.41, 5.74) is 3.25. The van der Waals surface area contributed by atoms with Gasteiger partial charge in [0.15, 0.2) is 0 Å². The van der Waals surface area contributed by atoms with Crippen molar-refractivity contribution in [2.45, 2.75) is 12.5 Å². The summed E-state index contributed by atoms with van der Waals surface area (Å²) in [6.45, 7) is 0. The molecule has 4 rings (SSSR count). The van der Waals surface area contributed by atoms with Gasteiger partial charge in [-0.1, -0.05) is 30.3 Å². The smallest absolute Gasteiger partial charge is 0.339 e. The van der Waals surface area contributed by atoms with Crippen molar-refractivity contribution < 1.29 is 19.4 Å². The Morgan fingerprint density at radius 2 is 1.74 bits per heavy atom. The topological polar surface area (TPSA) is 75.6 Å². The van der Waals surface area contributed by atoms with E-state index in [1.165, 1.54) is 12.1 Å². The minimum atomic E-state index is -0.379. The standard InChI is InChI=1S/C22H17NO4/c24-18-9-7-17(8-10-18)23-21(25)15-6-11-19-16(12-15)13-20(27-22(19)26)14-4-2-1-3-5-14/h1-12,20,24H,13H2,(H,23,25)/t20-/m0/s1. The Hall–Kier alpha value is -3.60. The number of rotatable bonds is 3. The van der Waals surface area contributed by atoms with Gasteiger partial charge in [0.2, 0.25) is 0 Å². The Labute approximate surface area is 156 Å². The first-order chi connectivity index (χ1) is 13.1. The van der Waals surface area contributed by atoms with Crippen molar-refractivity contribution in [3.8, 4) is 5.75 Å². The zero-order valence-electron chi connectivity index (χ0n) is 14.4. The number of esters is 1. The molecule has 0 unspecified atom stereocenters. The fraction of sp³-hybridized carbons (Fsp3) is 0.0909. The van der Waals surface area contributed by atoms with E-state index in [0.717, 1.165) is 11.1 Å². The van der Waals surface area contributed by atoms with Gasteiger partial charge in [-0.2, -0.15) is 0 Å². The number of cyclic esters (lactones) is 1. The van der Waals surface area contributed by atoms with Crippen LogP contribution in [-0.2, 0) is 11.2 Å². The van der Waals surface area contributed by atoms with Crippen LogP contribution >= 0.6 is 0 Å². The van der Waals surface area contributed by atoms with Crippen LogP contribution in [0.2, 0.25) is 0 Å². The predicted octanol–water partition coefficient (Wildman–Crippen LogP) is 4.10. The summed E-state index contributed by atoms with van der Waals surface area (Å²) in [6.07, 6.45) is 0.160. The van der Waals surface area contributed by atoms with Crippen LogP contribution in [0.5, 0.6) is 5.75 Å². The highest BCUT2D eigenvalue weighted by molar-refractivity contribution is 6.05. The fourth-order valence-corrected chi connectivity index (χ4v) is 3.14. The molecule has 27 heavy (non-hydrogen) atoms. The summed E-state index contributed by atoms with van der Waals surface area (Å²) in [4.78, 5) is 24.9. The molecule has 1 aliphatic rings. The number of amides is 1. The highest BCUT2D eigenvalue weighted by atomic mass is 16.5. The van der Waals surface area contributed by atoms with Gasteiger partial charge in [0.25, 0.3) is 5.91 Å². The number of carbonyl (C=O) groups excluding carboxylic acids is 2. The molecular formula is C22H17NO4. The van der Waals surface area contributed by atoms with Crippen LogP contribution in [-0.4, -0.2) is 17.0 Å². The lowest BCUT2D eigenvalue weighted by molar-refractivity contribution is 0.0252. The molecule has 0 saturated carbocycles. The molecule has 1 amide bonds. The van der Waals surface area contributed by atoms with Gasteiger partial charge < -0.3 is 15.2 Å². The molecule has 0 spiro atoms. The van der Waals surface area contributed by atoms with Crippen LogP contribution in [0, 0.1) is 0 Å². The van der Waals surface area contributed by atoms with Crippen LogP contribution in [0.1, 0.15) is 37.9 Å². The lowest BCUT2D eigenvalue weighted by atomic mass is 9.93. The fourth-order valence-electron chi connectivity index (χ4n) is 3.14. The predicted molar refractivity (Wildman–Crippen MR) is 101 cm³/mol. The molecule has 1 heterocycles. The molecule has 0 saturated heterocycles. The number of ether oxygens (including phenoxy) is 1. The molecule has 5 heteroatoms. The van der Waals surface area contributed by atoms with Crippen LogP contribution in [0.15, 0.2) is 72.8 Å². The second kappa shape index (κ2) is 6.96. The number of phenolic OH excluding ortho intramolecular Hbond substituents is 1. The van der Waals surface area contributed by atoms with Crippen molar-refractivity contribution >= 4 is 17.6 Å². The number of phenols is 1. The minimum Gasteiger partial charge on any atom is -0.508 e. The summed E-state index contributed by atoms with van der Waals surface area (Å²) in [5, 5.41) is 12.1. The lowest BCUT2D eigenvalue weighted by Gasteiger charge is -2.25. The maximum absolute atomic E-state index is 12.5. The number of hydrogen-bond donors (Lipinski definition) is 2. The Bertz CT molecular complexity index is 997. The minimum absolute atomic E-state index is 0.132. The van der Waals surface area contributed by atoms with Crippen LogP contribution in [0.25, 0.3) is 0 Å². The average molecular weight is 359 g/mol. The molecule has 134 valence electrons. The Morgan fingerprint density at radius 3 is 2.48 bits per heavy atom. The maximum atomic E-state index is 12.5. The van der Waals surface area contributed by atoms with Crippen molar-refractivity contribution in [1.82, 2.24) is 0 Å². The summed E-state index contributed by atoms with van der Waals surface area (Å²) >= 11 is 0. The first-order valence-corrected chi connectivity index (χ1v) is 8.59. The number of nitrogens with one attached hydrogen (secondary N) is 1.